The number of hydrogen-bond donors (Lipinski definition) is 3. The summed E-state index contributed by atoms with van der Waals surface area (Å²) in [7, 11) is -8.44. The fourth-order valence-corrected chi connectivity index (χ4v) is 6.16. The number of nitrogens with one attached hydrogen (secondary N) is 2. The molecule has 3 aromatic rings. The van der Waals surface area contributed by atoms with E-state index >= 15 is 0 Å². The molecule has 0 spiro atoms. The zero-order valence-corrected chi connectivity index (χ0v) is 20.4. The first-order valence-electron chi connectivity index (χ1n) is 9.26. The predicted octanol–water partition coefficient (Wildman–Crippen LogP) is 4.91. The molecule has 3 rings (SSSR count). The topological polar surface area (TPSA) is 130 Å². The smallest absolute Gasteiger partial charge is 0.335 e. The summed E-state index contributed by atoms with van der Waals surface area (Å²) in [6, 6.07) is 11.9. The minimum atomic E-state index is -4.25. The third-order valence-corrected chi connectivity index (χ3v) is 8.61. The van der Waals surface area contributed by atoms with Crippen LogP contribution in [-0.4, -0.2) is 27.9 Å². The zero-order valence-electron chi connectivity index (χ0n) is 17.3. The highest BCUT2D eigenvalue weighted by Gasteiger charge is 2.24. The zero-order chi connectivity index (χ0) is 24.6. The third-order valence-electron chi connectivity index (χ3n) is 4.77. The van der Waals surface area contributed by atoms with Crippen LogP contribution in [0.15, 0.2) is 64.4 Å². The molecule has 3 N–H and O–H groups in total. The average Bonchev–Trinajstić information content (AvgIpc) is 2.72. The summed E-state index contributed by atoms with van der Waals surface area (Å²) in [6.07, 6.45) is 0. The molecule has 0 fully saturated rings. The van der Waals surface area contributed by atoms with Gasteiger partial charge in [-0.15, -0.1) is 0 Å². The van der Waals surface area contributed by atoms with Crippen LogP contribution in [0.4, 0.5) is 11.4 Å². The lowest BCUT2D eigenvalue weighted by atomic mass is 10.2. The molecule has 0 saturated heterocycles. The lowest BCUT2D eigenvalue weighted by molar-refractivity contribution is 0.0697. The van der Waals surface area contributed by atoms with Gasteiger partial charge in [-0.25, -0.2) is 21.6 Å². The van der Waals surface area contributed by atoms with Crippen LogP contribution in [0.3, 0.4) is 0 Å². The molecule has 0 bridgehead atoms. The second-order valence-electron chi connectivity index (χ2n) is 7.00. The molecule has 0 aromatic heterocycles. The highest BCUT2D eigenvalue weighted by atomic mass is 35.5. The van der Waals surface area contributed by atoms with E-state index in [1.807, 2.05) is 0 Å². The highest BCUT2D eigenvalue weighted by Crippen LogP contribution is 2.32. The van der Waals surface area contributed by atoms with Crippen molar-refractivity contribution in [3.05, 3.63) is 81.3 Å². The Kier molecular flexibility index (Phi) is 6.94. The number of benzene rings is 3. The predicted molar refractivity (Wildman–Crippen MR) is 127 cm³/mol. The van der Waals surface area contributed by atoms with Gasteiger partial charge in [0, 0.05) is 10.0 Å². The monoisotopic (exact) mass is 528 g/mol. The fraction of sp³-hybridized carbons (Fsp3) is 0.0952. The maximum atomic E-state index is 13.0. The van der Waals surface area contributed by atoms with Crippen LogP contribution in [0, 0.1) is 13.8 Å². The third kappa shape index (κ3) is 5.25. The summed E-state index contributed by atoms with van der Waals surface area (Å²) in [4.78, 5) is 11.2. The van der Waals surface area contributed by atoms with Crippen LogP contribution in [0.2, 0.25) is 10.0 Å². The van der Waals surface area contributed by atoms with Gasteiger partial charge in [0.15, 0.2) is 0 Å². The number of hydrogen-bond acceptors (Lipinski definition) is 5. The Bertz CT molecular complexity index is 1470. The molecule has 0 saturated carbocycles. The van der Waals surface area contributed by atoms with Crippen molar-refractivity contribution in [2.24, 2.45) is 0 Å². The number of rotatable bonds is 7. The Hall–Kier alpha value is -2.79. The Morgan fingerprint density at radius 1 is 0.758 bits per heavy atom. The second kappa shape index (κ2) is 9.22. The lowest BCUT2D eigenvalue weighted by Gasteiger charge is -2.17. The molecule has 0 aliphatic carbocycles. The van der Waals surface area contributed by atoms with Crippen LogP contribution in [0.25, 0.3) is 0 Å². The molecule has 8 nitrogen and oxygen atoms in total. The first-order chi connectivity index (χ1) is 15.3. The van der Waals surface area contributed by atoms with Gasteiger partial charge in [0.25, 0.3) is 20.0 Å². The summed E-state index contributed by atoms with van der Waals surface area (Å²) in [5.41, 5.74) is -0.138. The number of carboxylic acid groups (broad SMARTS) is 1. The second-order valence-corrected chi connectivity index (χ2v) is 11.1. The number of aromatic carboxylic acids is 1. The normalized spacial score (nSPS) is 11.8. The maximum Gasteiger partial charge on any atom is 0.335 e. The summed E-state index contributed by atoms with van der Waals surface area (Å²) < 4.78 is 56.6. The van der Waals surface area contributed by atoms with Crippen molar-refractivity contribution in [3.8, 4) is 0 Å². The standard InChI is InChI=1S/C21H18Cl2N2O6S2/c1-12-15(22)5-3-7-19(12)32(28,29)24-17-10-9-14(21(26)27)11-18(17)25-33(30,31)20-8-4-6-16(23)13(20)2/h3-11,24-25H,1-2H3,(H,26,27). The summed E-state index contributed by atoms with van der Waals surface area (Å²) in [5.74, 6) is -1.32. The molecule has 0 heterocycles. The highest BCUT2D eigenvalue weighted by molar-refractivity contribution is 7.93. The molecule has 3 aromatic carbocycles. The number of halogens is 2. The van der Waals surface area contributed by atoms with Gasteiger partial charge in [-0.3, -0.25) is 9.44 Å². The number of carbonyl (C=O) groups is 1. The van der Waals surface area contributed by atoms with Crippen molar-refractivity contribution in [2.75, 3.05) is 9.44 Å². The van der Waals surface area contributed by atoms with Crippen LogP contribution in [0.1, 0.15) is 21.5 Å². The van der Waals surface area contributed by atoms with Crippen LogP contribution < -0.4 is 9.44 Å². The number of sulfonamides is 2. The molecule has 33 heavy (non-hydrogen) atoms. The quantitative estimate of drug-likeness (QED) is 0.399. The van der Waals surface area contributed by atoms with E-state index in [1.54, 1.807) is 0 Å². The Labute approximate surface area is 201 Å². The molecule has 0 aliphatic heterocycles. The maximum absolute atomic E-state index is 13.0. The molecule has 174 valence electrons. The molecular weight excluding hydrogens is 511 g/mol. The molecular formula is C21H18Cl2N2O6S2. The van der Waals surface area contributed by atoms with E-state index in [4.69, 9.17) is 23.2 Å². The average molecular weight is 529 g/mol. The van der Waals surface area contributed by atoms with Gasteiger partial charge in [0.05, 0.1) is 26.7 Å². The molecule has 0 radical (unpaired) electrons. The molecule has 12 heteroatoms. The Balaban J connectivity index is 2.10. The van der Waals surface area contributed by atoms with Crippen molar-refractivity contribution >= 4 is 60.6 Å². The van der Waals surface area contributed by atoms with Crippen LogP contribution in [-0.2, 0) is 20.0 Å². The van der Waals surface area contributed by atoms with E-state index in [0.717, 1.165) is 18.2 Å². The number of anilines is 2. The van der Waals surface area contributed by atoms with Gasteiger partial charge in [-0.2, -0.15) is 0 Å². The Morgan fingerprint density at radius 3 is 1.67 bits per heavy atom. The Morgan fingerprint density at radius 2 is 1.21 bits per heavy atom. The molecule has 0 amide bonds. The van der Waals surface area contributed by atoms with Crippen molar-refractivity contribution < 1.29 is 26.7 Å². The molecule has 0 atom stereocenters. The minimum Gasteiger partial charge on any atom is -0.478 e. The van der Waals surface area contributed by atoms with E-state index in [1.165, 1.54) is 50.2 Å². The van der Waals surface area contributed by atoms with Gasteiger partial charge >= 0.3 is 5.97 Å². The first-order valence-corrected chi connectivity index (χ1v) is 13.0. The largest absolute Gasteiger partial charge is 0.478 e. The summed E-state index contributed by atoms with van der Waals surface area (Å²) in [6.45, 7) is 3.03. The first kappa shape index (κ1) is 24.8. The van der Waals surface area contributed by atoms with Crippen molar-refractivity contribution in [1.29, 1.82) is 0 Å². The van der Waals surface area contributed by atoms with Gasteiger partial charge in [0.1, 0.15) is 0 Å². The van der Waals surface area contributed by atoms with Crippen LogP contribution >= 0.6 is 23.2 Å². The van der Waals surface area contributed by atoms with E-state index in [-0.39, 0.29) is 42.3 Å². The lowest BCUT2D eigenvalue weighted by Crippen LogP contribution is -2.19. The molecule has 0 aliphatic rings. The summed E-state index contributed by atoms with van der Waals surface area (Å²) in [5, 5.41) is 9.78. The van der Waals surface area contributed by atoms with Gasteiger partial charge in [-0.1, -0.05) is 35.3 Å². The minimum absolute atomic E-state index is 0.114. The van der Waals surface area contributed by atoms with E-state index in [0.29, 0.717) is 5.56 Å². The van der Waals surface area contributed by atoms with E-state index in [9.17, 15) is 26.7 Å². The van der Waals surface area contributed by atoms with Crippen molar-refractivity contribution in [3.63, 3.8) is 0 Å². The van der Waals surface area contributed by atoms with E-state index < -0.39 is 26.0 Å². The van der Waals surface area contributed by atoms with Gasteiger partial charge < -0.3 is 5.11 Å². The van der Waals surface area contributed by atoms with Gasteiger partial charge in [0.2, 0.25) is 0 Å². The SMILES string of the molecule is Cc1c(Cl)cccc1S(=O)(=O)Nc1ccc(C(=O)O)cc1NS(=O)(=O)c1cccc(Cl)c1C. The summed E-state index contributed by atoms with van der Waals surface area (Å²) >= 11 is 12.1. The fourth-order valence-electron chi connectivity index (χ4n) is 3.01. The van der Waals surface area contributed by atoms with Crippen LogP contribution in [0.5, 0.6) is 0 Å². The van der Waals surface area contributed by atoms with E-state index in [2.05, 4.69) is 9.44 Å². The van der Waals surface area contributed by atoms with Crippen molar-refractivity contribution in [1.82, 2.24) is 0 Å². The van der Waals surface area contributed by atoms with Gasteiger partial charge in [-0.05, 0) is 67.4 Å². The molecule has 0 unspecified atom stereocenters. The van der Waals surface area contributed by atoms with Crippen molar-refractivity contribution in [2.45, 2.75) is 23.6 Å². The number of carboxylic acids is 1.